The molecule has 0 saturated heterocycles. The van der Waals surface area contributed by atoms with Crippen LogP contribution >= 0.6 is 0 Å². The van der Waals surface area contributed by atoms with Crippen molar-refractivity contribution in [3.05, 3.63) is 102 Å². The van der Waals surface area contributed by atoms with Crippen molar-refractivity contribution in [1.82, 2.24) is 15.5 Å². The van der Waals surface area contributed by atoms with E-state index in [1.54, 1.807) is 31.4 Å². The average Bonchev–Trinajstić information content (AvgIpc) is 3.29. The molecule has 0 aliphatic carbocycles. The van der Waals surface area contributed by atoms with Gasteiger partial charge in [-0.2, -0.15) is 0 Å². The third-order valence-corrected chi connectivity index (χ3v) is 4.74. The van der Waals surface area contributed by atoms with Crippen LogP contribution in [0.25, 0.3) is 11.5 Å². The molecule has 1 heterocycles. The van der Waals surface area contributed by atoms with Crippen molar-refractivity contribution < 1.29 is 18.3 Å². The van der Waals surface area contributed by atoms with Gasteiger partial charge in [-0.05, 0) is 47.5 Å². The van der Waals surface area contributed by atoms with E-state index in [2.05, 4.69) is 15.5 Å². The summed E-state index contributed by atoms with van der Waals surface area (Å²) in [4.78, 5) is 12.8. The van der Waals surface area contributed by atoms with Crippen LogP contribution in [0.2, 0.25) is 0 Å². The van der Waals surface area contributed by atoms with Crippen molar-refractivity contribution in [1.29, 1.82) is 0 Å². The van der Waals surface area contributed by atoms with Crippen LogP contribution in [0.5, 0.6) is 5.75 Å². The first kappa shape index (κ1) is 20.3. The minimum atomic E-state index is -0.712. The van der Waals surface area contributed by atoms with E-state index in [0.29, 0.717) is 17.2 Å². The molecule has 1 atom stereocenters. The highest BCUT2D eigenvalue weighted by atomic mass is 19.1. The molecular weight excluding hydrogens is 397 g/mol. The van der Waals surface area contributed by atoms with Crippen molar-refractivity contribution in [2.24, 2.45) is 0 Å². The van der Waals surface area contributed by atoms with Crippen LogP contribution in [0, 0.1) is 5.82 Å². The molecule has 1 aromatic heterocycles. The second kappa shape index (κ2) is 9.21. The van der Waals surface area contributed by atoms with Crippen LogP contribution in [-0.2, 0) is 11.2 Å². The molecule has 1 N–H and O–H groups in total. The molecule has 156 valence electrons. The number of carbonyl (C=O) groups is 1. The molecule has 0 aliphatic heterocycles. The van der Waals surface area contributed by atoms with Crippen LogP contribution in [0.15, 0.2) is 83.3 Å². The average molecular weight is 417 g/mol. The molecule has 0 unspecified atom stereocenters. The number of hydrogen-bond acceptors (Lipinski definition) is 5. The number of methoxy groups -OCH3 is 1. The first-order valence-electron chi connectivity index (χ1n) is 9.69. The number of carbonyl (C=O) groups excluding carboxylic acids is 1. The van der Waals surface area contributed by atoms with Crippen molar-refractivity contribution in [2.45, 2.75) is 12.5 Å². The molecule has 3 aromatic carbocycles. The molecule has 6 nitrogen and oxygen atoms in total. The fourth-order valence-electron chi connectivity index (χ4n) is 3.13. The summed E-state index contributed by atoms with van der Waals surface area (Å²) in [6, 6.07) is 21.7. The SMILES string of the molecule is COc1ccc(CC(=O)N[C@@H](c2ccc(F)cc2)c2nnc(-c3ccccc3)o2)cc1. The topological polar surface area (TPSA) is 77.2 Å². The fourth-order valence-corrected chi connectivity index (χ4v) is 3.13. The molecule has 4 aromatic rings. The summed E-state index contributed by atoms with van der Waals surface area (Å²) in [5, 5.41) is 11.2. The fraction of sp³-hybridized carbons (Fsp3) is 0.125. The van der Waals surface area contributed by atoms with Gasteiger partial charge in [-0.1, -0.05) is 42.5 Å². The first-order valence-corrected chi connectivity index (χ1v) is 9.69. The molecule has 0 fully saturated rings. The van der Waals surface area contributed by atoms with Crippen LogP contribution in [0.1, 0.15) is 23.1 Å². The number of hydrogen-bond donors (Lipinski definition) is 1. The lowest BCUT2D eigenvalue weighted by Crippen LogP contribution is -2.30. The van der Waals surface area contributed by atoms with Gasteiger partial charge in [0, 0.05) is 5.56 Å². The zero-order valence-corrected chi connectivity index (χ0v) is 16.8. The smallest absolute Gasteiger partial charge is 0.247 e. The Morgan fingerprint density at radius 1 is 1.00 bits per heavy atom. The maximum Gasteiger partial charge on any atom is 0.247 e. The first-order chi connectivity index (χ1) is 15.1. The minimum Gasteiger partial charge on any atom is -0.497 e. The highest BCUT2D eigenvalue weighted by Gasteiger charge is 2.23. The highest BCUT2D eigenvalue weighted by molar-refractivity contribution is 5.79. The monoisotopic (exact) mass is 417 g/mol. The Balaban J connectivity index is 1.58. The van der Waals surface area contributed by atoms with E-state index in [-0.39, 0.29) is 24.0 Å². The summed E-state index contributed by atoms with van der Waals surface area (Å²) in [5.74, 6) is 0.662. The van der Waals surface area contributed by atoms with Gasteiger partial charge in [0.1, 0.15) is 17.6 Å². The van der Waals surface area contributed by atoms with Crippen molar-refractivity contribution in [3.8, 4) is 17.2 Å². The standard InChI is InChI=1S/C24H20FN3O3/c1-30-20-13-7-16(8-14-20)15-21(29)26-22(17-9-11-19(25)12-10-17)24-28-27-23(31-24)18-5-3-2-4-6-18/h2-14,22H,15H2,1H3,(H,26,29)/t22-/m0/s1. The van der Waals surface area contributed by atoms with Crippen LogP contribution in [-0.4, -0.2) is 23.2 Å². The van der Waals surface area contributed by atoms with Gasteiger partial charge in [-0.3, -0.25) is 4.79 Å². The lowest BCUT2D eigenvalue weighted by molar-refractivity contribution is -0.121. The number of nitrogens with zero attached hydrogens (tertiary/aromatic N) is 2. The molecule has 0 radical (unpaired) electrons. The Morgan fingerprint density at radius 3 is 2.39 bits per heavy atom. The Labute approximate surface area is 178 Å². The number of halogens is 1. The third-order valence-electron chi connectivity index (χ3n) is 4.74. The van der Waals surface area contributed by atoms with Crippen molar-refractivity contribution in [2.75, 3.05) is 7.11 Å². The van der Waals surface area contributed by atoms with E-state index in [1.165, 1.54) is 12.1 Å². The molecule has 0 saturated carbocycles. The largest absolute Gasteiger partial charge is 0.497 e. The second-order valence-electron chi connectivity index (χ2n) is 6.89. The van der Waals surface area contributed by atoms with Gasteiger partial charge in [0.25, 0.3) is 0 Å². The summed E-state index contributed by atoms with van der Waals surface area (Å²) < 4.78 is 24.4. The number of benzene rings is 3. The summed E-state index contributed by atoms with van der Waals surface area (Å²) >= 11 is 0. The van der Waals surface area contributed by atoms with E-state index in [1.807, 2.05) is 42.5 Å². The summed E-state index contributed by atoms with van der Waals surface area (Å²) in [6.45, 7) is 0. The molecule has 4 rings (SSSR count). The van der Waals surface area contributed by atoms with Gasteiger partial charge in [0.05, 0.1) is 13.5 Å². The number of ether oxygens (including phenoxy) is 1. The predicted octanol–water partition coefficient (Wildman–Crippen LogP) is 4.33. The van der Waals surface area contributed by atoms with Crippen molar-refractivity contribution in [3.63, 3.8) is 0 Å². The third kappa shape index (κ3) is 4.95. The highest BCUT2D eigenvalue weighted by Crippen LogP contribution is 2.25. The van der Waals surface area contributed by atoms with Gasteiger partial charge in [-0.15, -0.1) is 10.2 Å². The predicted molar refractivity (Wildman–Crippen MR) is 113 cm³/mol. The summed E-state index contributed by atoms with van der Waals surface area (Å²) in [7, 11) is 1.59. The lowest BCUT2D eigenvalue weighted by Gasteiger charge is -2.16. The Kier molecular flexibility index (Phi) is 6.03. The van der Waals surface area contributed by atoms with Gasteiger partial charge in [-0.25, -0.2) is 4.39 Å². The normalized spacial score (nSPS) is 11.7. The molecule has 31 heavy (non-hydrogen) atoms. The van der Waals surface area contributed by atoms with E-state index in [4.69, 9.17) is 9.15 Å². The molecule has 1 amide bonds. The maximum atomic E-state index is 13.4. The van der Waals surface area contributed by atoms with Crippen molar-refractivity contribution >= 4 is 5.91 Å². The molecule has 0 bridgehead atoms. The molecule has 0 spiro atoms. The van der Waals surface area contributed by atoms with E-state index in [9.17, 15) is 9.18 Å². The molecule has 7 heteroatoms. The minimum absolute atomic E-state index is 0.154. The quantitative estimate of drug-likeness (QED) is 0.484. The van der Waals surface area contributed by atoms with E-state index >= 15 is 0 Å². The number of nitrogens with one attached hydrogen (secondary N) is 1. The van der Waals surface area contributed by atoms with Crippen LogP contribution in [0.4, 0.5) is 4.39 Å². The number of amides is 1. The van der Waals surface area contributed by atoms with Crippen LogP contribution in [0.3, 0.4) is 0 Å². The molecule has 0 aliphatic rings. The Morgan fingerprint density at radius 2 is 1.71 bits per heavy atom. The zero-order chi connectivity index (χ0) is 21.6. The van der Waals surface area contributed by atoms with Gasteiger partial charge in [0.2, 0.25) is 17.7 Å². The van der Waals surface area contributed by atoms with Crippen LogP contribution < -0.4 is 10.1 Å². The van der Waals surface area contributed by atoms with E-state index in [0.717, 1.165) is 11.1 Å². The van der Waals surface area contributed by atoms with E-state index < -0.39 is 6.04 Å². The summed E-state index contributed by atoms with van der Waals surface area (Å²) in [5.41, 5.74) is 2.23. The molecular formula is C24H20FN3O3. The van der Waals surface area contributed by atoms with Gasteiger partial charge in [0.15, 0.2) is 0 Å². The second-order valence-corrected chi connectivity index (χ2v) is 6.89. The zero-order valence-electron chi connectivity index (χ0n) is 16.8. The number of aromatic nitrogens is 2. The maximum absolute atomic E-state index is 13.4. The summed E-state index contributed by atoms with van der Waals surface area (Å²) in [6.07, 6.45) is 0.154. The van der Waals surface area contributed by atoms with Gasteiger partial charge < -0.3 is 14.5 Å². The number of rotatable bonds is 7. The Bertz CT molecular complexity index is 1140. The Hall–Kier alpha value is -4.00. The van der Waals surface area contributed by atoms with Gasteiger partial charge >= 0.3 is 0 Å². The lowest BCUT2D eigenvalue weighted by atomic mass is 10.1.